The number of thiophene rings is 1. The Morgan fingerprint density at radius 2 is 2.07 bits per heavy atom. The lowest BCUT2D eigenvalue weighted by Gasteiger charge is -2.19. The van der Waals surface area contributed by atoms with E-state index < -0.39 is 0 Å². The van der Waals surface area contributed by atoms with Crippen LogP contribution in [0.1, 0.15) is 32.2 Å². The highest BCUT2D eigenvalue weighted by molar-refractivity contribution is 7.20. The van der Waals surface area contributed by atoms with Gasteiger partial charge in [0.1, 0.15) is 4.83 Å². The van der Waals surface area contributed by atoms with Gasteiger partial charge in [0, 0.05) is 49.7 Å². The van der Waals surface area contributed by atoms with Crippen molar-refractivity contribution in [3.8, 4) is 0 Å². The minimum absolute atomic E-state index is 0.0177. The van der Waals surface area contributed by atoms with E-state index in [-0.39, 0.29) is 5.91 Å². The average molecular weight is 407 g/mol. The Balaban J connectivity index is 1.63. The molecule has 2 aliphatic rings. The SMILES string of the molecule is CN(C)c1ccnc2sc3c(c12)CC=CN(C1=Cc2scnc2C=CC1)C3=O. The molecule has 0 bridgehead atoms. The second kappa shape index (κ2) is 6.68. The molecule has 0 radical (unpaired) electrons. The second-order valence-electron chi connectivity index (χ2n) is 6.92. The summed E-state index contributed by atoms with van der Waals surface area (Å²) in [6.45, 7) is 0. The summed E-state index contributed by atoms with van der Waals surface area (Å²) >= 11 is 3.08. The number of thiazole rings is 1. The van der Waals surface area contributed by atoms with Crippen molar-refractivity contribution < 1.29 is 4.79 Å². The van der Waals surface area contributed by atoms with Gasteiger partial charge < -0.3 is 4.90 Å². The second-order valence-corrected chi connectivity index (χ2v) is 8.81. The summed E-state index contributed by atoms with van der Waals surface area (Å²) in [7, 11) is 4.05. The molecule has 1 amide bonds. The summed E-state index contributed by atoms with van der Waals surface area (Å²) in [6, 6.07) is 2.01. The zero-order valence-corrected chi connectivity index (χ0v) is 17.2. The van der Waals surface area contributed by atoms with Gasteiger partial charge in [-0.05, 0) is 30.2 Å². The molecule has 0 fully saturated rings. The standard InChI is InChI=1S/C21H18N4OS2/c1-24(2)16-8-9-22-20-18(16)14-6-4-10-25(21(26)19(14)28-20)13-5-3-7-15-17(11-13)27-12-23-15/h3-4,7-12H,5-6H2,1-2H3. The van der Waals surface area contributed by atoms with Crippen LogP contribution < -0.4 is 4.90 Å². The number of carbonyl (C=O) groups is 1. The molecule has 5 rings (SSSR count). The van der Waals surface area contributed by atoms with Crippen molar-refractivity contribution in [3.63, 3.8) is 0 Å². The van der Waals surface area contributed by atoms with E-state index in [0.29, 0.717) is 6.42 Å². The number of nitrogens with zero attached hydrogens (tertiary/aromatic N) is 4. The molecule has 7 heteroatoms. The molecular formula is C21H18N4OS2. The first-order chi connectivity index (χ1) is 13.6. The van der Waals surface area contributed by atoms with Gasteiger partial charge in [-0.25, -0.2) is 9.97 Å². The average Bonchev–Trinajstić information content (AvgIpc) is 3.18. The van der Waals surface area contributed by atoms with E-state index >= 15 is 0 Å². The Labute approximate surface area is 171 Å². The Morgan fingerprint density at radius 1 is 1.18 bits per heavy atom. The number of fused-ring (bicyclic) bond motifs is 4. The smallest absolute Gasteiger partial charge is 0.272 e. The predicted molar refractivity (Wildman–Crippen MR) is 117 cm³/mol. The van der Waals surface area contributed by atoms with Crippen molar-refractivity contribution in [3.05, 3.63) is 62.8 Å². The molecule has 140 valence electrons. The molecule has 3 aromatic heterocycles. The Hall–Kier alpha value is -2.77. The first kappa shape index (κ1) is 17.3. The maximum absolute atomic E-state index is 13.5. The Morgan fingerprint density at radius 3 is 2.93 bits per heavy atom. The van der Waals surface area contributed by atoms with Crippen LogP contribution in [0.25, 0.3) is 22.4 Å². The lowest BCUT2D eigenvalue weighted by atomic mass is 10.1. The van der Waals surface area contributed by atoms with Gasteiger partial charge in [-0.3, -0.25) is 9.69 Å². The predicted octanol–water partition coefficient (Wildman–Crippen LogP) is 4.79. The highest BCUT2D eigenvalue weighted by Crippen LogP contribution is 2.39. The molecule has 0 saturated carbocycles. The van der Waals surface area contributed by atoms with Crippen LogP contribution in [0, 0.1) is 0 Å². The van der Waals surface area contributed by atoms with Crippen LogP contribution in [0.3, 0.4) is 0 Å². The van der Waals surface area contributed by atoms with Crippen LogP contribution in [-0.4, -0.2) is 34.9 Å². The topological polar surface area (TPSA) is 49.3 Å². The summed E-state index contributed by atoms with van der Waals surface area (Å²) in [5, 5.41) is 1.09. The van der Waals surface area contributed by atoms with Gasteiger partial charge in [0.2, 0.25) is 0 Å². The molecule has 0 atom stereocenters. The summed E-state index contributed by atoms with van der Waals surface area (Å²) in [4.78, 5) is 29.1. The number of hydrogen-bond acceptors (Lipinski definition) is 6. The van der Waals surface area contributed by atoms with E-state index in [1.54, 1.807) is 16.2 Å². The van der Waals surface area contributed by atoms with E-state index in [1.807, 2.05) is 44.1 Å². The van der Waals surface area contributed by atoms with Gasteiger partial charge in [0.25, 0.3) is 5.91 Å². The summed E-state index contributed by atoms with van der Waals surface area (Å²) < 4.78 is 0. The van der Waals surface area contributed by atoms with E-state index in [0.717, 1.165) is 49.0 Å². The van der Waals surface area contributed by atoms with Crippen molar-refractivity contribution in [2.45, 2.75) is 12.8 Å². The van der Waals surface area contributed by atoms with Crippen molar-refractivity contribution in [2.75, 3.05) is 19.0 Å². The number of amides is 1. The fraction of sp³-hybridized carbons (Fsp3) is 0.190. The number of anilines is 1. The van der Waals surface area contributed by atoms with E-state index in [9.17, 15) is 4.79 Å². The van der Waals surface area contributed by atoms with Gasteiger partial charge in [0.15, 0.2) is 0 Å². The number of rotatable bonds is 2. The third-order valence-corrected chi connectivity index (χ3v) is 6.89. The minimum Gasteiger partial charge on any atom is -0.377 e. The third kappa shape index (κ3) is 2.70. The number of aromatic nitrogens is 2. The first-order valence-corrected chi connectivity index (χ1v) is 10.7. The third-order valence-electron chi connectivity index (χ3n) is 4.97. The maximum atomic E-state index is 13.5. The van der Waals surface area contributed by atoms with Crippen LogP contribution in [0.15, 0.2) is 41.8 Å². The maximum Gasteiger partial charge on any atom is 0.272 e. The fourth-order valence-corrected chi connectivity index (χ4v) is 5.51. The molecule has 28 heavy (non-hydrogen) atoms. The molecule has 0 N–H and O–H groups in total. The van der Waals surface area contributed by atoms with Gasteiger partial charge in [0.05, 0.1) is 21.0 Å². The van der Waals surface area contributed by atoms with Crippen molar-refractivity contribution in [2.24, 2.45) is 0 Å². The first-order valence-electron chi connectivity index (χ1n) is 9.02. The quantitative estimate of drug-likeness (QED) is 0.614. The van der Waals surface area contributed by atoms with Crippen LogP contribution in [0.5, 0.6) is 0 Å². The zero-order chi connectivity index (χ0) is 19.3. The van der Waals surface area contributed by atoms with E-state index in [4.69, 9.17) is 0 Å². The molecule has 1 aliphatic heterocycles. The highest BCUT2D eigenvalue weighted by Gasteiger charge is 2.28. The normalized spacial score (nSPS) is 15.9. The zero-order valence-electron chi connectivity index (χ0n) is 15.5. The van der Waals surface area contributed by atoms with Gasteiger partial charge in [-0.2, -0.15) is 0 Å². The summed E-state index contributed by atoms with van der Waals surface area (Å²) in [6.07, 6.45) is 13.4. The lowest BCUT2D eigenvalue weighted by molar-refractivity contribution is 0.0862. The molecular weight excluding hydrogens is 388 g/mol. The number of carbonyl (C=O) groups excluding carboxylic acids is 1. The van der Waals surface area contributed by atoms with Crippen molar-refractivity contribution in [1.82, 2.24) is 14.9 Å². The monoisotopic (exact) mass is 406 g/mol. The molecule has 5 nitrogen and oxygen atoms in total. The Bertz CT molecular complexity index is 1180. The number of hydrogen-bond donors (Lipinski definition) is 0. The highest BCUT2D eigenvalue weighted by atomic mass is 32.1. The number of allylic oxidation sites excluding steroid dienone is 2. The number of pyridine rings is 1. The van der Waals surface area contributed by atoms with E-state index in [1.165, 1.54) is 11.3 Å². The molecule has 0 unspecified atom stereocenters. The minimum atomic E-state index is 0.0177. The molecule has 3 aromatic rings. The lowest BCUT2D eigenvalue weighted by Crippen LogP contribution is -2.23. The molecule has 1 aliphatic carbocycles. The summed E-state index contributed by atoms with van der Waals surface area (Å²) in [5.41, 5.74) is 5.94. The Kier molecular flexibility index (Phi) is 4.14. The van der Waals surface area contributed by atoms with Crippen LogP contribution >= 0.6 is 22.7 Å². The van der Waals surface area contributed by atoms with Crippen LogP contribution in [0.4, 0.5) is 5.69 Å². The molecule has 0 spiro atoms. The van der Waals surface area contributed by atoms with E-state index in [2.05, 4.69) is 33.1 Å². The van der Waals surface area contributed by atoms with Gasteiger partial charge >= 0.3 is 0 Å². The van der Waals surface area contributed by atoms with Gasteiger partial charge in [-0.15, -0.1) is 22.7 Å². The van der Waals surface area contributed by atoms with Crippen molar-refractivity contribution >= 4 is 56.6 Å². The largest absolute Gasteiger partial charge is 0.377 e. The molecule has 0 saturated heterocycles. The fourth-order valence-electron chi connectivity index (χ4n) is 3.65. The molecule has 4 heterocycles. The van der Waals surface area contributed by atoms with Crippen LogP contribution in [-0.2, 0) is 6.42 Å². The van der Waals surface area contributed by atoms with Crippen molar-refractivity contribution in [1.29, 1.82) is 0 Å². The van der Waals surface area contributed by atoms with Crippen LogP contribution in [0.2, 0.25) is 0 Å². The molecule has 0 aromatic carbocycles. The van der Waals surface area contributed by atoms with Gasteiger partial charge in [-0.1, -0.05) is 12.2 Å². The summed E-state index contributed by atoms with van der Waals surface area (Å²) in [5.74, 6) is 0.0177.